The fourth-order valence-electron chi connectivity index (χ4n) is 1.44. The maximum absolute atomic E-state index is 11.5. The molecule has 0 aliphatic heterocycles. The summed E-state index contributed by atoms with van der Waals surface area (Å²) in [7, 11) is 3.14. The van der Waals surface area contributed by atoms with Crippen molar-refractivity contribution in [3.05, 3.63) is 18.2 Å². The summed E-state index contributed by atoms with van der Waals surface area (Å²) in [5.74, 6) is 0.811. The van der Waals surface area contributed by atoms with Gasteiger partial charge >= 0.3 is 0 Å². The Balaban J connectivity index is 2.37. The number of nitrogens with two attached hydrogens (primary N) is 1. The van der Waals surface area contributed by atoms with Gasteiger partial charge in [-0.15, -0.1) is 0 Å². The Morgan fingerprint density at radius 1 is 1.32 bits per heavy atom. The summed E-state index contributed by atoms with van der Waals surface area (Å²) in [5.41, 5.74) is 6.20. The second-order valence-electron chi connectivity index (χ2n) is 3.90. The first-order valence-corrected chi connectivity index (χ1v) is 5.99. The Bertz CT molecular complexity index is 410. The molecule has 0 atom stereocenters. The second kappa shape index (κ2) is 8.20. The van der Waals surface area contributed by atoms with E-state index in [1.807, 2.05) is 0 Å². The van der Waals surface area contributed by atoms with Gasteiger partial charge in [0.25, 0.3) is 5.91 Å². The van der Waals surface area contributed by atoms with Gasteiger partial charge in [0.1, 0.15) is 0 Å². The van der Waals surface area contributed by atoms with Crippen molar-refractivity contribution in [1.82, 2.24) is 5.32 Å². The molecule has 19 heavy (non-hydrogen) atoms. The van der Waals surface area contributed by atoms with E-state index in [1.165, 1.54) is 7.11 Å². The summed E-state index contributed by atoms with van der Waals surface area (Å²) in [5, 5.41) is 2.73. The van der Waals surface area contributed by atoms with Gasteiger partial charge in [0.2, 0.25) is 0 Å². The smallest absolute Gasteiger partial charge is 0.257 e. The number of benzene rings is 1. The summed E-state index contributed by atoms with van der Waals surface area (Å²) in [6.45, 7) is 1.12. The molecule has 1 aromatic carbocycles. The van der Waals surface area contributed by atoms with Crippen LogP contribution in [0.15, 0.2) is 18.2 Å². The lowest BCUT2D eigenvalue weighted by Crippen LogP contribution is -2.30. The molecule has 1 rings (SSSR count). The molecule has 0 radical (unpaired) electrons. The maximum Gasteiger partial charge on any atom is 0.257 e. The minimum atomic E-state index is -0.185. The highest BCUT2D eigenvalue weighted by Crippen LogP contribution is 2.28. The molecule has 106 valence electrons. The topological polar surface area (TPSA) is 82.8 Å². The van der Waals surface area contributed by atoms with Gasteiger partial charge in [-0.05, 0) is 18.6 Å². The first kappa shape index (κ1) is 15.1. The lowest BCUT2D eigenvalue weighted by Gasteiger charge is -2.11. The fraction of sp³-hybridized carbons (Fsp3) is 0.462. The number of methoxy groups -OCH3 is 2. The third kappa shape index (κ3) is 5.48. The van der Waals surface area contributed by atoms with Crippen molar-refractivity contribution in [2.75, 3.05) is 39.7 Å². The second-order valence-corrected chi connectivity index (χ2v) is 3.90. The van der Waals surface area contributed by atoms with E-state index in [2.05, 4.69) is 5.32 Å². The van der Waals surface area contributed by atoms with Crippen molar-refractivity contribution in [3.63, 3.8) is 0 Å². The van der Waals surface area contributed by atoms with Crippen LogP contribution in [0.4, 0.5) is 5.69 Å². The molecular formula is C13H20N2O4. The zero-order valence-corrected chi connectivity index (χ0v) is 11.3. The standard InChI is InChI=1S/C13H20N2O4/c1-17-7-3-6-15-13(16)9-19-11-5-4-10(14)8-12(11)18-2/h4-5,8H,3,6-7,9,14H2,1-2H3,(H,15,16). The average Bonchev–Trinajstić information content (AvgIpc) is 2.42. The molecule has 0 fully saturated rings. The minimum Gasteiger partial charge on any atom is -0.493 e. The Labute approximate surface area is 112 Å². The van der Waals surface area contributed by atoms with E-state index >= 15 is 0 Å². The van der Waals surface area contributed by atoms with Gasteiger partial charge in [-0.1, -0.05) is 0 Å². The average molecular weight is 268 g/mol. The Kier molecular flexibility index (Phi) is 6.52. The fourth-order valence-corrected chi connectivity index (χ4v) is 1.44. The van der Waals surface area contributed by atoms with Crippen molar-refractivity contribution in [2.24, 2.45) is 0 Å². The number of nitrogens with one attached hydrogen (secondary N) is 1. The zero-order valence-electron chi connectivity index (χ0n) is 11.3. The van der Waals surface area contributed by atoms with Crippen LogP contribution in [0.5, 0.6) is 11.5 Å². The Morgan fingerprint density at radius 2 is 2.11 bits per heavy atom. The number of anilines is 1. The maximum atomic E-state index is 11.5. The summed E-state index contributed by atoms with van der Waals surface area (Å²) in [6, 6.07) is 5.01. The van der Waals surface area contributed by atoms with Crippen LogP contribution in [0.2, 0.25) is 0 Å². The van der Waals surface area contributed by atoms with Crippen molar-refractivity contribution in [3.8, 4) is 11.5 Å². The Hall–Kier alpha value is -1.95. The van der Waals surface area contributed by atoms with Crippen LogP contribution in [0.25, 0.3) is 0 Å². The highest BCUT2D eigenvalue weighted by Gasteiger charge is 2.07. The van der Waals surface area contributed by atoms with Crippen LogP contribution < -0.4 is 20.5 Å². The number of amides is 1. The monoisotopic (exact) mass is 268 g/mol. The molecule has 0 unspecified atom stereocenters. The highest BCUT2D eigenvalue weighted by atomic mass is 16.5. The van der Waals surface area contributed by atoms with Crippen molar-refractivity contribution < 1.29 is 19.0 Å². The van der Waals surface area contributed by atoms with Crippen LogP contribution in [0, 0.1) is 0 Å². The SMILES string of the molecule is COCCCNC(=O)COc1ccc(N)cc1OC. The summed E-state index contributed by atoms with van der Waals surface area (Å²) >= 11 is 0. The number of nitrogen functional groups attached to an aromatic ring is 1. The molecule has 0 saturated heterocycles. The first-order valence-electron chi connectivity index (χ1n) is 5.99. The predicted molar refractivity (Wildman–Crippen MR) is 72.4 cm³/mol. The number of ether oxygens (including phenoxy) is 3. The van der Waals surface area contributed by atoms with Gasteiger partial charge in [-0.3, -0.25) is 4.79 Å². The van der Waals surface area contributed by atoms with Gasteiger partial charge in [0.15, 0.2) is 18.1 Å². The van der Waals surface area contributed by atoms with Crippen LogP contribution in [-0.2, 0) is 9.53 Å². The van der Waals surface area contributed by atoms with Gasteiger partial charge in [0, 0.05) is 32.0 Å². The molecule has 0 spiro atoms. The number of rotatable bonds is 8. The van der Waals surface area contributed by atoms with Gasteiger partial charge in [0.05, 0.1) is 7.11 Å². The molecule has 0 aliphatic carbocycles. The van der Waals surface area contributed by atoms with E-state index in [0.29, 0.717) is 30.3 Å². The van der Waals surface area contributed by atoms with Crippen LogP contribution >= 0.6 is 0 Å². The largest absolute Gasteiger partial charge is 0.493 e. The van der Waals surface area contributed by atoms with E-state index < -0.39 is 0 Å². The van der Waals surface area contributed by atoms with E-state index in [1.54, 1.807) is 25.3 Å². The van der Waals surface area contributed by atoms with Crippen LogP contribution in [-0.4, -0.2) is 39.9 Å². The normalized spacial score (nSPS) is 10.0. The van der Waals surface area contributed by atoms with Crippen molar-refractivity contribution in [2.45, 2.75) is 6.42 Å². The van der Waals surface area contributed by atoms with E-state index in [-0.39, 0.29) is 12.5 Å². The Morgan fingerprint density at radius 3 is 2.79 bits per heavy atom. The first-order chi connectivity index (χ1) is 9.17. The molecule has 3 N–H and O–H groups in total. The minimum absolute atomic E-state index is 0.0622. The third-order valence-corrected chi connectivity index (χ3v) is 2.39. The summed E-state index contributed by atoms with van der Waals surface area (Å²) in [4.78, 5) is 11.5. The number of hydrogen-bond donors (Lipinski definition) is 2. The molecule has 6 heteroatoms. The number of carbonyl (C=O) groups excluding carboxylic acids is 1. The van der Waals surface area contributed by atoms with Gasteiger partial charge < -0.3 is 25.3 Å². The lowest BCUT2D eigenvalue weighted by atomic mass is 10.3. The van der Waals surface area contributed by atoms with Crippen LogP contribution in [0.1, 0.15) is 6.42 Å². The molecule has 0 bridgehead atoms. The van der Waals surface area contributed by atoms with Gasteiger partial charge in [-0.25, -0.2) is 0 Å². The van der Waals surface area contributed by atoms with E-state index in [0.717, 1.165) is 6.42 Å². The number of carbonyl (C=O) groups is 1. The predicted octanol–water partition coefficient (Wildman–Crippen LogP) is 0.809. The molecule has 0 aromatic heterocycles. The quantitative estimate of drug-likeness (QED) is 0.538. The molecule has 6 nitrogen and oxygen atoms in total. The summed E-state index contributed by atoms with van der Waals surface area (Å²) < 4.78 is 15.4. The molecule has 0 aliphatic rings. The lowest BCUT2D eigenvalue weighted by molar-refractivity contribution is -0.123. The number of hydrogen-bond acceptors (Lipinski definition) is 5. The molecule has 0 heterocycles. The molecule has 1 amide bonds. The van der Waals surface area contributed by atoms with E-state index in [4.69, 9.17) is 19.9 Å². The summed E-state index contributed by atoms with van der Waals surface area (Å²) in [6.07, 6.45) is 0.771. The van der Waals surface area contributed by atoms with Crippen LogP contribution in [0.3, 0.4) is 0 Å². The van der Waals surface area contributed by atoms with E-state index in [9.17, 15) is 4.79 Å². The van der Waals surface area contributed by atoms with Crippen molar-refractivity contribution >= 4 is 11.6 Å². The highest BCUT2D eigenvalue weighted by molar-refractivity contribution is 5.77. The third-order valence-electron chi connectivity index (χ3n) is 2.39. The zero-order chi connectivity index (χ0) is 14.1. The molecule has 0 saturated carbocycles. The molecular weight excluding hydrogens is 248 g/mol. The van der Waals surface area contributed by atoms with Crippen molar-refractivity contribution in [1.29, 1.82) is 0 Å². The molecule has 1 aromatic rings. The van der Waals surface area contributed by atoms with Gasteiger partial charge in [-0.2, -0.15) is 0 Å².